The molecule has 1 heterocycles. The second kappa shape index (κ2) is 4.48. The van der Waals surface area contributed by atoms with Gasteiger partial charge in [0, 0.05) is 0 Å². The second-order valence-electron chi connectivity index (χ2n) is 3.26. The molecule has 82 valence electrons. The molecule has 2 aromatic rings. The Kier molecular flexibility index (Phi) is 2.86. The number of nitrogens with one attached hydrogen (secondary N) is 1. The van der Waals surface area contributed by atoms with Crippen molar-refractivity contribution < 1.29 is 9.53 Å². The van der Waals surface area contributed by atoms with Gasteiger partial charge in [0.05, 0.1) is 11.9 Å². The number of ether oxygens (including phenoxy) is 1. The highest BCUT2D eigenvalue weighted by molar-refractivity contribution is 5.92. The van der Waals surface area contributed by atoms with Crippen LogP contribution in [-0.2, 0) is 11.3 Å². The van der Waals surface area contributed by atoms with Gasteiger partial charge in [-0.1, -0.05) is 30.3 Å². The van der Waals surface area contributed by atoms with E-state index >= 15 is 0 Å². The van der Waals surface area contributed by atoms with Crippen molar-refractivity contribution in [1.82, 2.24) is 10.2 Å². The monoisotopic (exact) mass is 217 g/mol. The van der Waals surface area contributed by atoms with E-state index in [9.17, 15) is 4.79 Å². The van der Waals surface area contributed by atoms with Crippen LogP contribution in [-0.4, -0.2) is 16.2 Å². The van der Waals surface area contributed by atoms with Gasteiger partial charge in [0.1, 0.15) is 6.61 Å². The fraction of sp³-hybridized carbons (Fsp3) is 0.0909. The maximum Gasteiger partial charge on any atom is 0.358 e. The van der Waals surface area contributed by atoms with Crippen LogP contribution in [0.5, 0.6) is 0 Å². The van der Waals surface area contributed by atoms with Crippen LogP contribution in [0.3, 0.4) is 0 Å². The summed E-state index contributed by atoms with van der Waals surface area (Å²) in [5, 5.41) is 6.14. The van der Waals surface area contributed by atoms with Crippen molar-refractivity contribution in [3.63, 3.8) is 0 Å². The van der Waals surface area contributed by atoms with Gasteiger partial charge in [-0.3, -0.25) is 5.10 Å². The fourth-order valence-electron chi connectivity index (χ4n) is 1.25. The van der Waals surface area contributed by atoms with Gasteiger partial charge in [0.2, 0.25) is 0 Å². The first-order valence-electron chi connectivity index (χ1n) is 4.77. The summed E-state index contributed by atoms with van der Waals surface area (Å²) in [5.41, 5.74) is 6.92. The van der Waals surface area contributed by atoms with Crippen molar-refractivity contribution in [3.05, 3.63) is 47.8 Å². The number of esters is 1. The Morgan fingerprint density at radius 2 is 2.12 bits per heavy atom. The lowest BCUT2D eigenvalue weighted by Gasteiger charge is -2.03. The molecule has 0 amide bonds. The molecular weight excluding hydrogens is 206 g/mol. The van der Waals surface area contributed by atoms with Gasteiger partial charge in [-0.2, -0.15) is 5.10 Å². The van der Waals surface area contributed by atoms with Crippen LogP contribution < -0.4 is 5.73 Å². The summed E-state index contributed by atoms with van der Waals surface area (Å²) in [5.74, 6) is -0.501. The van der Waals surface area contributed by atoms with Gasteiger partial charge in [-0.05, 0) is 5.56 Å². The van der Waals surface area contributed by atoms with E-state index in [-0.39, 0.29) is 18.0 Å². The highest BCUT2D eigenvalue weighted by atomic mass is 16.5. The number of aromatic amines is 1. The molecule has 3 N–H and O–H groups in total. The van der Waals surface area contributed by atoms with Gasteiger partial charge < -0.3 is 10.5 Å². The van der Waals surface area contributed by atoms with Crippen molar-refractivity contribution in [2.24, 2.45) is 0 Å². The smallest absolute Gasteiger partial charge is 0.358 e. The van der Waals surface area contributed by atoms with E-state index < -0.39 is 5.97 Å². The third-order valence-electron chi connectivity index (χ3n) is 2.09. The van der Waals surface area contributed by atoms with Crippen molar-refractivity contribution >= 4 is 11.7 Å². The van der Waals surface area contributed by atoms with Crippen LogP contribution in [0.15, 0.2) is 36.5 Å². The fourth-order valence-corrected chi connectivity index (χ4v) is 1.25. The van der Waals surface area contributed by atoms with Crippen molar-refractivity contribution in [2.75, 3.05) is 5.73 Å². The lowest BCUT2D eigenvalue weighted by Crippen LogP contribution is -2.08. The van der Waals surface area contributed by atoms with Crippen molar-refractivity contribution in [2.45, 2.75) is 6.61 Å². The molecule has 0 saturated carbocycles. The van der Waals surface area contributed by atoms with E-state index in [4.69, 9.17) is 10.5 Å². The number of rotatable bonds is 3. The van der Waals surface area contributed by atoms with Crippen molar-refractivity contribution in [1.29, 1.82) is 0 Å². The molecule has 0 spiro atoms. The lowest BCUT2D eigenvalue weighted by atomic mass is 10.2. The minimum absolute atomic E-state index is 0.191. The number of benzene rings is 1. The van der Waals surface area contributed by atoms with E-state index in [0.717, 1.165) is 5.56 Å². The van der Waals surface area contributed by atoms with Crippen LogP contribution in [0.1, 0.15) is 16.1 Å². The molecule has 0 aliphatic rings. The number of nitrogens with zero attached hydrogens (tertiary/aromatic N) is 1. The van der Waals surface area contributed by atoms with E-state index in [0.29, 0.717) is 0 Å². The Balaban J connectivity index is 1.97. The SMILES string of the molecule is Nc1cn[nH]c1C(=O)OCc1ccccc1. The average Bonchev–Trinajstić information content (AvgIpc) is 2.74. The summed E-state index contributed by atoms with van der Waals surface area (Å²) in [6, 6.07) is 9.42. The molecule has 0 fully saturated rings. The zero-order valence-corrected chi connectivity index (χ0v) is 8.51. The molecule has 0 bridgehead atoms. The predicted octanol–water partition coefficient (Wildman–Crippen LogP) is 1.35. The third-order valence-corrected chi connectivity index (χ3v) is 2.09. The zero-order chi connectivity index (χ0) is 11.4. The molecule has 0 saturated heterocycles. The predicted molar refractivity (Wildman–Crippen MR) is 58.6 cm³/mol. The van der Waals surface area contributed by atoms with E-state index in [1.165, 1.54) is 6.20 Å². The molecule has 1 aromatic carbocycles. The topological polar surface area (TPSA) is 81.0 Å². The lowest BCUT2D eigenvalue weighted by molar-refractivity contribution is 0.0467. The molecule has 2 rings (SSSR count). The van der Waals surface area contributed by atoms with Crippen LogP contribution >= 0.6 is 0 Å². The third kappa shape index (κ3) is 2.20. The molecule has 16 heavy (non-hydrogen) atoms. The van der Waals surface area contributed by atoms with Crippen LogP contribution in [0, 0.1) is 0 Å². The zero-order valence-electron chi connectivity index (χ0n) is 8.51. The number of carbonyl (C=O) groups is 1. The number of nitrogen functional groups attached to an aromatic ring is 1. The van der Waals surface area contributed by atoms with Crippen LogP contribution in [0.4, 0.5) is 5.69 Å². The number of hydrogen-bond donors (Lipinski definition) is 2. The molecule has 0 atom stereocenters. The van der Waals surface area contributed by atoms with Crippen molar-refractivity contribution in [3.8, 4) is 0 Å². The van der Waals surface area contributed by atoms with Gasteiger partial charge in [0.15, 0.2) is 5.69 Å². The first kappa shape index (κ1) is 10.2. The first-order chi connectivity index (χ1) is 7.77. The Morgan fingerprint density at radius 1 is 1.38 bits per heavy atom. The summed E-state index contributed by atoms with van der Waals surface area (Å²) in [4.78, 5) is 11.5. The molecule has 0 unspecified atom stereocenters. The van der Waals surface area contributed by atoms with Gasteiger partial charge in [0.25, 0.3) is 0 Å². The molecule has 1 aromatic heterocycles. The molecule has 0 aliphatic heterocycles. The van der Waals surface area contributed by atoms with Gasteiger partial charge in [-0.25, -0.2) is 4.79 Å². The number of anilines is 1. The van der Waals surface area contributed by atoms with Crippen LogP contribution in [0.2, 0.25) is 0 Å². The number of carbonyl (C=O) groups excluding carboxylic acids is 1. The van der Waals surface area contributed by atoms with Gasteiger partial charge in [-0.15, -0.1) is 0 Å². The quantitative estimate of drug-likeness (QED) is 0.760. The molecular formula is C11H11N3O2. The minimum Gasteiger partial charge on any atom is -0.456 e. The average molecular weight is 217 g/mol. The summed E-state index contributed by atoms with van der Waals surface area (Å²) in [6.07, 6.45) is 1.37. The Bertz CT molecular complexity index is 479. The first-order valence-corrected chi connectivity index (χ1v) is 4.77. The maximum atomic E-state index is 11.5. The van der Waals surface area contributed by atoms with Crippen LogP contribution in [0.25, 0.3) is 0 Å². The summed E-state index contributed by atoms with van der Waals surface area (Å²) in [7, 11) is 0. The highest BCUT2D eigenvalue weighted by Gasteiger charge is 2.12. The molecule has 0 radical (unpaired) electrons. The number of hydrogen-bond acceptors (Lipinski definition) is 4. The molecule has 0 aliphatic carbocycles. The Labute approximate surface area is 92.2 Å². The van der Waals surface area contributed by atoms with E-state index in [1.54, 1.807) is 0 Å². The molecule has 5 nitrogen and oxygen atoms in total. The normalized spacial score (nSPS) is 10.0. The molecule has 5 heteroatoms. The van der Waals surface area contributed by atoms with Gasteiger partial charge >= 0.3 is 5.97 Å². The van der Waals surface area contributed by atoms with E-state index in [1.807, 2.05) is 30.3 Å². The highest BCUT2D eigenvalue weighted by Crippen LogP contribution is 2.09. The summed E-state index contributed by atoms with van der Waals surface area (Å²) < 4.78 is 5.06. The standard InChI is InChI=1S/C11H11N3O2/c12-9-6-13-14-10(9)11(15)16-7-8-4-2-1-3-5-8/h1-6H,7,12H2,(H,13,14). The largest absolute Gasteiger partial charge is 0.456 e. The number of nitrogens with two attached hydrogens (primary N) is 1. The summed E-state index contributed by atoms with van der Waals surface area (Å²) >= 11 is 0. The Hall–Kier alpha value is -2.30. The van der Waals surface area contributed by atoms with E-state index in [2.05, 4.69) is 10.2 Å². The minimum atomic E-state index is -0.501. The Morgan fingerprint density at radius 3 is 2.75 bits per heavy atom. The summed E-state index contributed by atoms with van der Waals surface area (Å²) in [6.45, 7) is 0.220. The maximum absolute atomic E-state index is 11.5. The second-order valence-corrected chi connectivity index (χ2v) is 3.26. The number of H-pyrrole nitrogens is 1. The number of aromatic nitrogens is 2.